The number of aliphatic carboxylic acids is 2. The van der Waals surface area contributed by atoms with E-state index in [0.29, 0.717) is 12.8 Å². The second-order valence-corrected chi connectivity index (χ2v) is 43.3. The van der Waals surface area contributed by atoms with E-state index in [1.807, 2.05) is 6.92 Å². The molecule has 2 heterocycles. The summed E-state index contributed by atoms with van der Waals surface area (Å²) in [7, 11) is 0. The van der Waals surface area contributed by atoms with Gasteiger partial charge in [-0.25, -0.2) is 9.15 Å². The molecule has 0 fully saturated rings. The molecule has 0 spiro atoms. The van der Waals surface area contributed by atoms with Crippen molar-refractivity contribution in [3.8, 4) is 22.6 Å². The van der Waals surface area contributed by atoms with Crippen molar-refractivity contribution in [2.45, 2.75) is 564 Å². The van der Waals surface area contributed by atoms with E-state index in [1.165, 1.54) is 302 Å². The minimum absolute atomic E-state index is 0.0432. The minimum atomic E-state index is -1.07. The number of carboxylic acids is 2. The topological polar surface area (TPSA) is 119 Å². The summed E-state index contributed by atoms with van der Waals surface area (Å²) in [6.07, 6.45) is 90.1. The molecule has 10 nitrogen and oxygen atoms in total. The predicted octanol–water partition coefficient (Wildman–Crippen LogP) is 36.1. The van der Waals surface area contributed by atoms with Crippen molar-refractivity contribution in [1.29, 1.82) is 0 Å². The van der Waals surface area contributed by atoms with E-state index in [1.54, 1.807) is 0 Å². The number of hydrogen-bond acceptors (Lipinski definition) is 8. The number of carbonyl (C=O) groups is 2. The van der Waals surface area contributed by atoms with E-state index >= 15 is 9.90 Å². The van der Waals surface area contributed by atoms with Crippen LogP contribution in [-0.4, -0.2) is 64.3 Å². The molecule has 6 unspecified atom stereocenters. The van der Waals surface area contributed by atoms with Crippen LogP contribution in [0.1, 0.15) is 575 Å². The summed E-state index contributed by atoms with van der Waals surface area (Å²) < 4.78 is 20.1. The predicted molar refractivity (Wildman–Crippen MR) is 595 cm³/mol. The molecular weight excluding hydrogens is 1680 g/mol. The Morgan fingerprint density at radius 1 is 0.270 bits per heavy atom. The SMILES string of the molecule is CCCCCCCCCCCCCCCCCCCCCCCCCCCCC(CC(C(=O)[O-])C(c1c2ccc(=[N+](CCCC)CCCC)cc-2oc2cc(N(CCCC)CCCC)ccc12)C(CC)CCCCCCCCCCCCCCCCCCCCCCCCCCCC)C(c1c2ccc(=[N+](CCCC)CCCC)cc-2oc2cc(N(CCCC)CCCC)ccc12)C(CC)C(=O)[O-]. The van der Waals surface area contributed by atoms with Gasteiger partial charge in [0.2, 0.25) is 10.7 Å². The van der Waals surface area contributed by atoms with Gasteiger partial charge in [-0.2, -0.15) is 0 Å². The average Bonchev–Trinajstić information content (AvgIpc) is 0.740. The average molecular weight is 1900 g/mol. The number of rotatable bonds is 92. The largest absolute Gasteiger partial charge is 0.550 e. The number of hydrogen-bond donors (Lipinski definition) is 0. The fourth-order valence-electron chi connectivity index (χ4n) is 22.9. The van der Waals surface area contributed by atoms with Gasteiger partial charge in [-0.1, -0.05) is 475 Å². The molecule has 0 aromatic heterocycles. The number of anilines is 2. The first-order valence-electron chi connectivity index (χ1n) is 60.4. The lowest BCUT2D eigenvalue weighted by molar-refractivity contribution is -0.313. The van der Waals surface area contributed by atoms with E-state index < -0.39 is 41.5 Å². The molecule has 6 atom stereocenters. The van der Waals surface area contributed by atoms with Crippen molar-refractivity contribution >= 4 is 45.3 Å². The third kappa shape index (κ3) is 46.7. The van der Waals surface area contributed by atoms with Crippen LogP contribution < -0.4 is 39.9 Å². The molecule has 2 aliphatic carbocycles. The van der Waals surface area contributed by atoms with Gasteiger partial charge in [0.1, 0.15) is 48.9 Å². The van der Waals surface area contributed by atoms with Gasteiger partial charge in [-0.05, 0) is 123 Å². The van der Waals surface area contributed by atoms with Gasteiger partial charge in [0.05, 0.1) is 12.1 Å². The maximum absolute atomic E-state index is 16.0. The van der Waals surface area contributed by atoms with Crippen molar-refractivity contribution in [1.82, 2.24) is 9.15 Å². The third-order valence-electron chi connectivity index (χ3n) is 31.7. The lowest BCUT2D eigenvalue weighted by Gasteiger charge is -2.42. The Labute approximate surface area is 844 Å². The Morgan fingerprint density at radius 3 is 0.766 bits per heavy atom. The zero-order chi connectivity index (χ0) is 98.2. The van der Waals surface area contributed by atoms with Gasteiger partial charge >= 0.3 is 0 Å². The normalized spacial score (nSPS) is 13.2. The van der Waals surface area contributed by atoms with E-state index in [9.17, 15) is 9.90 Å². The summed E-state index contributed by atoms with van der Waals surface area (Å²) >= 11 is 0. The summed E-state index contributed by atoms with van der Waals surface area (Å²) in [6.45, 7) is 34.8. The van der Waals surface area contributed by atoms with Crippen molar-refractivity contribution in [2.24, 2.45) is 23.7 Å². The Morgan fingerprint density at radius 2 is 0.518 bits per heavy atom. The van der Waals surface area contributed by atoms with Crippen LogP contribution in [-0.2, 0) is 9.59 Å². The zero-order valence-corrected chi connectivity index (χ0v) is 91.9. The second kappa shape index (κ2) is 77.9. The molecule has 2 aromatic carbocycles. The van der Waals surface area contributed by atoms with Crippen molar-refractivity contribution in [3.05, 3.63) is 94.6 Å². The highest BCUT2D eigenvalue weighted by atomic mass is 16.4. The second-order valence-electron chi connectivity index (χ2n) is 43.3. The highest BCUT2D eigenvalue weighted by Crippen LogP contribution is 2.53. The number of carbonyl (C=O) groups excluding carboxylic acids is 2. The van der Waals surface area contributed by atoms with Crippen molar-refractivity contribution < 1.29 is 28.6 Å². The molecule has 0 saturated carbocycles. The van der Waals surface area contributed by atoms with Crippen LogP contribution in [0.4, 0.5) is 11.4 Å². The maximum atomic E-state index is 16.0. The fourth-order valence-corrected chi connectivity index (χ4v) is 22.9. The zero-order valence-electron chi connectivity index (χ0n) is 91.9. The Balaban J connectivity index is 1.41. The van der Waals surface area contributed by atoms with E-state index in [4.69, 9.17) is 8.83 Å². The van der Waals surface area contributed by atoms with Crippen LogP contribution >= 0.6 is 0 Å². The van der Waals surface area contributed by atoms with Crippen LogP contribution in [0, 0.1) is 23.7 Å². The number of benzene rings is 4. The Hall–Kier alpha value is -5.64. The van der Waals surface area contributed by atoms with Gasteiger partial charge < -0.3 is 38.4 Å². The molecule has 6 rings (SSSR count). The molecule has 780 valence electrons. The van der Waals surface area contributed by atoms with Crippen LogP contribution in [0.15, 0.2) is 81.6 Å². The minimum Gasteiger partial charge on any atom is -0.550 e. The fraction of sp³-hybridized carbons (Fsp3) is 0.780. The Bertz CT molecular complexity index is 4020. The first kappa shape index (κ1) is 120. The molecule has 0 saturated heterocycles. The molecule has 137 heavy (non-hydrogen) atoms. The molecule has 10 heteroatoms. The summed E-state index contributed by atoms with van der Waals surface area (Å²) in [5.74, 6) is -4.09. The lowest BCUT2D eigenvalue weighted by atomic mass is 9.64. The van der Waals surface area contributed by atoms with Gasteiger partial charge in [-0.15, -0.1) is 0 Å². The number of carboxylic acid groups (broad SMARTS) is 2. The summed E-state index contributed by atoms with van der Waals surface area (Å²) in [5, 5.41) is 35.1. The van der Waals surface area contributed by atoms with Crippen LogP contribution in [0.5, 0.6) is 0 Å². The van der Waals surface area contributed by atoms with Crippen LogP contribution in [0.2, 0.25) is 0 Å². The first-order valence-corrected chi connectivity index (χ1v) is 60.4. The van der Waals surface area contributed by atoms with Gasteiger partial charge in [-0.3, -0.25) is 0 Å². The van der Waals surface area contributed by atoms with E-state index in [2.05, 4.69) is 168 Å². The highest BCUT2D eigenvalue weighted by Gasteiger charge is 2.42. The van der Waals surface area contributed by atoms with Gasteiger partial charge in [0.15, 0.2) is 0 Å². The number of fused-ring (bicyclic) bond motifs is 4. The molecule has 0 amide bonds. The lowest BCUT2D eigenvalue weighted by Crippen LogP contribution is -2.42. The molecule has 4 aliphatic rings. The molecule has 0 N–H and O–H groups in total. The highest BCUT2D eigenvalue weighted by molar-refractivity contribution is 5.93. The van der Waals surface area contributed by atoms with Crippen LogP contribution in [0.3, 0.4) is 0 Å². The molecular formula is C127H216N4O6. The van der Waals surface area contributed by atoms with E-state index in [0.717, 1.165) is 278 Å². The van der Waals surface area contributed by atoms with E-state index in [-0.39, 0.29) is 12.3 Å². The monoisotopic (exact) mass is 1890 g/mol. The third-order valence-corrected chi connectivity index (χ3v) is 31.7. The molecule has 0 bridgehead atoms. The maximum Gasteiger partial charge on any atom is 0.203 e. The number of nitrogens with zero attached hydrogens (tertiary/aromatic N) is 4. The molecule has 2 aliphatic heterocycles. The van der Waals surface area contributed by atoms with Gasteiger partial charge in [0, 0.05) is 133 Å². The number of unbranched alkanes of at least 4 members (excludes halogenated alkanes) is 58. The standard InChI is InChI=1S/C127H216N4O6/c1-13-25-35-37-39-41-43-45-47-49-51-53-55-57-59-61-63-65-67-69-71-73-75-77-79-81-83-106(23-11)122(124-113-89-85-108(128(93-27-15-3)94-28-16-4)102-118(113)136-119-103-109(86-90-114(119)124)129(95-29-17-5)96-30-18-6)117(127(134)135)101-107(84-82-80-78-76-74-72-70-68-66-64-62-60-58-56-54-52-50-48-46-44-42-40-38-36-26-14-2)123(112(24-12)126(132)133)125-115-91-87-110(130(97-31-19-7)98-32-20-8)104-120(115)137-121-105-111(88-92-116(121)125)131(99-33-21-9)100-34-22-10/h85-92,102-107,112,117,122-123H,13-84,93-101H2,1-12H3. The quantitative estimate of drug-likeness (QED) is 0.0210. The summed E-state index contributed by atoms with van der Waals surface area (Å²) in [5.41, 5.74) is 7.71. The van der Waals surface area contributed by atoms with Crippen LogP contribution in [0.25, 0.3) is 44.6 Å². The molecule has 2 aromatic rings. The van der Waals surface area contributed by atoms with Gasteiger partial charge in [0.25, 0.3) is 0 Å². The first-order chi connectivity index (χ1) is 67.3. The smallest absolute Gasteiger partial charge is 0.203 e. The Kier molecular flexibility index (Phi) is 68.2. The van der Waals surface area contributed by atoms with Crippen molar-refractivity contribution in [2.75, 3.05) is 62.2 Å². The van der Waals surface area contributed by atoms with Crippen molar-refractivity contribution in [3.63, 3.8) is 0 Å². The summed E-state index contributed by atoms with van der Waals surface area (Å²) in [6, 6.07) is 27.4. The summed E-state index contributed by atoms with van der Waals surface area (Å²) in [4.78, 5) is 36.1. The molecule has 0 radical (unpaired) electrons.